The van der Waals surface area contributed by atoms with Crippen molar-refractivity contribution in [3.05, 3.63) is 100 Å². The maximum atomic E-state index is 13.4. The summed E-state index contributed by atoms with van der Waals surface area (Å²) in [6.45, 7) is 5.67. The number of anilines is 1. The molecular weight excluding hydrogens is 530 g/mol. The summed E-state index contributed by atoms with van der Waals surface area (Å²) >= 11 is 6.18. The first-order chi connectivity index (χ1) is 18.6. The molecule has 0 bridgehead atoms. The minimum Gasteiger partial charge on any atom is -0.497 e. The Balaban J connectivity index is 1.54. The summed E-state index contributed by atoms with van der Waals surface area (Å²) in [5, 5.41) is 12.4. The molecule has 3 aromatic carbocycles. The fourth-order valence-electron chi connectivity index (χ4n) is 4.82. The molecule has 1 amide bonds. The summed E-state index contributed by atoms with van der Waals surface area (Å²) in [5.74, 6) is 1.76. The molecule has 5 rings (SSSR count). The smallest absolute Gasteiger partial charge is 0.227 e. The minimum absolute atomic E-state index is 0.0603. The Morgan fingerprint density at radius 1 is 1.10 bits per heavy atom. The number of rotatable bonds is 7. The molecule has 4 aromatic rings. The highest BCUT2D eigenvalue weighted by Crippen LogP contribution is 2.34. The van der Waals surface area contributed by atoms with Crippen LogP contribution in [0.3, 0.4) is 0 Å². The van der Waals surface area contributed by atoms with E-state index in [-0.39, 0.29) is 12.3 Å². The largest absolute Gasteiger partial charge is 0.497 e. The summed E-state index contributed by atoms with van der Waals surface area (Å²) in [4.78, 5) is 28.8. The van der Waals surface area contributed by atoms with E-state index in [0.29, 0.717) is 39.9 Å². The molecule has 1 aliphatic heterocycles. The number of hydrogen-bond donors (Lipinski definition) is 2. The Labute approximate surface area is 233 Å². The van der Waals surface area contributed by atoms with Gasteiger partial charge in [0.1, 0.15) is 17.6 Å². The van der Waals surface area contributed by atoms with Crippen molar-refractivity contribution in [2.45, 2.75) is 38.5 Å². The topological polar surface area (TPSA) is 102 Å². The first-order valence-electron chi connectivity index (χ1n) is 12.7. The normalized spacial score (nSPS) is 14.6. The van der Waals surface area contributed by atoms with E-state index in [2.05, 4.69) is 15.5 Å². The fraction of sp³-hybridized carbons (Fsp3) is 0.241. The SMILES string of the molecule is COc1ccc2c(c1)C(c1ccc(Cl)cc1)=N[C@@H](CC(=O)Nc1cccc(C[Si](C)(C)O)c1)c1nnc(C)n1-2. The van der Waals surface area contributed by atoms with Gasteiger partial charge >= 0.3 is 0 Å². The molecule has 1 aliphatic rings. The van der Waals surface area contributed by atoms with Crippen molar-refractivity contribution in [3.63, 3.8) is 0 Å². The molecule has 0 saturated heterocycles. The molecule has 0 unspecified atom stereocenters. The number of benzene rings is 3. The molecule has 8 nitrogen and oxygen atoms in total. The summed E-state index contributed by atoms with van der Waals surface area (Å²) in [6, 6.07) is 20.9. The van der Waals surface area contributed by atoms with E-state index in [9.17, 15) is 9.59 Å². The number of aliphatic imine (C=N–C) groups is 1. The third kappa shape index (κ3) is 5.95. The Bertz CT molecular complexity index is 1560. The molecule has 2 N–H and O–H groups in total. The molecule has 0 aliphatic carbocycles. The van der Waals surface area contributed by atoms with Crippen LogP contribution in [-0.2, 0) is 10.8 Å². The van der Waals surface area contributed by atoms with Crippen molar-refractivity contribution in [1.29, 1.82) is 0 Å². The van der Waals surface area contributed by atoms with Gasteiger partial charge in [0.2, 0.25) is 5.91 Å². The molecule has 2 heterocycles. The lowest BCUT2D eigenvalue weighted by atomic mass is 10.00. The maximum absolute atomic E-state index is 13.4. The predicted molar refractivity (Wildman–Crippen MR) is 156 cm³/mol. The monoisotopic (exact) mass is 559 g/mol. The second-order valence-electron chi connectivity index (χ2n) is 10.3. The molecule has 0 radical (unpaired) electrons. The molecule has 0 spiro atoms. The molecule has 1 atom stereocenters. The molecule has 10 heteroatoms. The third-order valence-corrected chi connectivity index (χ3v) is 8.00. The van der Waals surface area contributed by atoms with Crippen molar-refractivity contribution in [2.75, 3.05) is 12.4 Å². The number of nitrogens with one attached hydrogen (secondary N) is 1. The zero-order valence-electron chi connectivity index (χ0n) is 22.3. The summed E-state index contributed by atoms with van der Waals surface area (Å²) in [5.41, 5.74) is 4.93. The van der Waals surface area contributed by atoms with Crippen molar-refractivity contribution in [1.82, 2.24) is 14.8 Å². The third-order valence-electron chi connectivity index (χ3n) is 6.48. The molecular formula is C29H30ClN5O3Si. The van der Waals surface area contributed by atoms with Crippen LogP contribution in [0.5, 0.6) is 5.75 Å². The van der Waals surface area contributed by atoms with Gasteiger partial charge in [-0.05, 0) is 74.1 Å². The fourth-order valence-corrected chi connectivity index (χ4v) is 6.17. The van der Waals surface area contributed by atoms with E-state index in [1.54, 1.807) is 7.11 Å². The van der Waals surface area contributed by atoms with E-state index in [0.717, 1.165) is 22.4 Å². The Kier molecular flexibility index (Phi) is 7.39. The molecule has 200 valence electrons. The number of aromatic nitrogens is 3. The first kappa shape index (κ1) is 26.8. The number of aryl methyl sites for hydroxylation is 1. The number of methoxy groups -OCH3 is 1. The van der Waals surface area contributed by atoms with Gasteiger partial charge in [-0.25, -0.2) is 0 Å². The van der Waals surface area contributed by atoms with E-state index in [1.807, 2.05) is 91.3 Å². The minimum atomic E-state index is -2.29. The lowest BCUT2D eigenvalue weighted by molar-refractivity contribution is -0.116. The van der Waals surface area contributed by atoms with Gasteiger partial charge in [0.25, 0.3) is 0 Å². The Morgan fingerprint density at radius 2 is 1.87 bits per heavy atom. The lowest BCUT2D eigenvalue weighted by Crippen LogP contribution is -2.28. The molecule has 0 fully saturated rings. The van der Waals surface area contributed by atoms with Crippen LogP contribution < -0.4 is 10.1 Å². The number of carbonyl (C=O) groups is 1. The summed E-state index contributed by atoms with van der Waals surface area (Å²) in [6.07, 6.45) is 0.0603. The van der Waals surface area contributed by atoms with Gasteiger partial charge in [-0.1, -0.05) is 35.9 Å². The van der Waals surface area contributed by atoms with Crippen LogP contribution in [-0.4, -0.2) is 46.6 Å². The van der Waals surface area contributed by atoms with Crippen LogP contribution in [0.25, 0.3) is 5.69 Å². The average Bonchev–Trinajstić information content (AvgIpc) is 3.20. The van der Waals surface area contributed by atoms with E-state index >= 15 is 0 Å². The quantitative estimate of drug-likeness (QED) is 0.294. The molecule has 1 aromatic heterocycles. The van der Waals surface area contributed by atoms with Crippen LogP contribution in [0.1, 0.15) is 40.8 Å². The van der Waals surface area contributed by atoms with Gasteiger partial charge in [0.05, 0.1) is 24.9 Å². The first-order valence-corrected chi connectivity index (χ1v) is 16.2. The van der Waals surface area contributed by atoms with Gasteiger partial charge in [0.15, 0.2) is 14.1 Å². The van der Waals surface area contributed by atoms with Crippen LogP contribution in [0.4, 0.5) is 5.69 Å². The van der Waals surface area contributed by atoms with Gasteiger partial charge in [-0.2, -0.15) is 0 Å². The zero-order valence-corrected chi connectivity index (χ0v) is 24.0. The van der Waals surface area contributed by atoms with E-state index in [1.165, 1.54) is 0 Å². The summed E-state index contributed by atoms with van der Waals surface area (Å²) in [7, 11) is -0.662. The Morgan fingerprint density at radius 3 is 2.59 bits per heavy atom. The second-order valence-corrected chi connectivity index (χ2v) is 14.7. The van der Waals surface area contributed by atoms with Crippen LogP contribution in [0, 0.1) is 6.92 Å². The highest BCUT2D eigenvalue weighted by atomic mass is 35.5. The highest BCUT2D eigenvalue weighted by molar-refractivity contribution is 6.69. The van der Waals surface area contributed by atoms with E-state index < -0.39 is 14.4 Å². The van der Waals surface area contributed by atoms with Gasteiger partial charge in [-0.15, -0.1) is 10.2 Å². The Hall–Kier alpha value is -3.79. The lowest BCUT2D eigenvalue weighted by Gasteiger charge is -2.15. The molecule has 39 heavy (non-hydrogen) atoms. The van der Waals surface area contributed by atoms with Crippen molar-refractivity contribution in [2.24, 2.45) is 4.99 Å². The predicted octanol–water partition coefficient (Wildman–Crippen LogP) is 5.44. The van der Waals surface area contributed by atoms with Crippen molar-refractivity contribution in [3.8, 4) is 11.4 Å². The number of ether oxygens (including phenoxy) is 1. The van der Waals surface area contributed by atoms with Gasteiger partial charge < -0.3 is 14.8 Å². The van der Waals surface area contributed by atoms with Gasteiger partial charge in [0, 0.05) is 21.8 Å². The average molecular weight is 560 g/mol. The van der Waals surface area contributed by atoms with Crippen molar-refractivity contribution < 1.29 is 14.3 Å². The van der Waals surface area contributed by atoms with Gasteiger partial charge in [-0.3, -0.25) is 14.4 Å². The van der Waals surface area contributed by atoms with E-state index in [4.69, 9.17) is 21.3 Å². The second kappa shape index (κ2) is 10.8. The highest BCUT2D eigenvalue weighted by Gasteiger charge is 2.30. The summed E-state index contributed by atoms with van der Waals surface area (Å²) < 4.78 is 7.48. The van der Waals surface area contributed by atoms with Crippen LogP contribution in [0.2, 0.25) is 18.1 Å². The standard InChI is InChI=1S/C29H30ClN5O3Si/c1-18-33-34-29-25(16-27(36)31-22-7-5-6-19(14-22)17-39(3,4)37)32-28(20-8-10-21(30)11-9-20)24-15-23(38-2)12-13-26(24)35(18)29/h5-15,25,37H,16-17H2,1-4H3,(H,31,36)/t25-/m0/s1. The number of carbonyl (C=O) groups excluding carboxylic acids is 1. The number of halogens is 1. The molecule has 0 saturated carbocycles. The number of nitrogens with zero attached hydrogens (tertiary/aromatic N) is 4. The van der Waals surface area contributed by atoms with Crippen molar-refractivity contribution >= 4 is 37.2 Å². The maximum Gasteiger partial charge on any atom is 0.227 e. The van der Waals surface area contributed by atoms with Crippen LogP contribution in [0.15, 0.2) is 71.7 Å². The zero-order chi connectivity index (χ0) is 27.7. The number of hydrogen-bond acceptors (Lipinski definition) is 6. The van der Waals surface area contributed by atoms with Crippen LogP contribution >= 0.6 is 11.6 Å². The number of amides is 1. The number of fused-ring (bicyclic) bond motifs is 3.